The zero-order chi connectivity index (χ0) is 28.3. The van der Waals surface area contributed by atoms with Crippen molar-refractivity contribution in [2.75, 3.05) is 50.0 Å². The maximum Gasteiger partial charge on any atom is 0.418 e. The average molecular weight is 565 g/mol. The van der Waals surface area contributed by atoms with Crippen LogP contribution in [0.1, 0.15) is 11.1 Å². The van der Waals surface area contributed by atoms with Crippen LogP contribution in [0.3, 0.4) is 0 Å². The monoisotopic (exact) mass is 565 g/mol. The van der Waals surface area contributed by atoms with E-state index in [9.17, 15) is 26.3 Å². The lowest BCUT2D eigenvalue weighted by Crippen LogP contribution is -2.39. The fourth-order valence-electron chi connectivity index (χ4n) is 3.96. The van der Waals surface area contributed by atoms with Crippen LogP contribution in [0.5, 0.6) is 0 Å². The normalized spacial score (nSPS) is 14.8. The van der Waals surface area contributed by atoms with E-state index in [1.54, 1.807) is 0 Å². The molecule has 5 rings (SSSR count). The van der Waals surface area contributed by atoms with E-state index in [1.807, 2.05) is 0 Å². The third kappa shape index (κ3) is 6.34. The van der Waals surface area contributed by atoms with E-state index in [0.29, 0.717) is 38.2 Å². The van der Waals surface area contributed by atoms with Crippen molar-refractivity contribution in [1.82, 2.24) is 35.0 Å². The Kier molecular flexibility index (Phi) is 7.62. The van der Waals surface area contributed by atoms with E-state index >= 15 is 0 Å². The van der Waals surface area contributed by atoms with Gasteiger partial charge >= 0.3 is 12.4 Å². The van der Waals surface area contributed by atoms with Gasteiger partial charge in [0, 0.05) is 38.6 Å². The summed E-state index contributed by atoms with van der Waals surface area (Å²) in [5.41, 5.74) is -2.25. The van der Waals surface area contributed by atoms with E-state index < -0.39 is 29.2 Å². The largest absolute Gasteiger partial charge is 0.418 e. The Bertz CT molecular complexity index is 1470. The highest BCUT2D eigenvalue weighted by molar-refractivity contribution is 5.87. The molecule has 1 aliphatic rings. The van der Waals surface area contributed by atoms with Crippen LogP contribution < -0.4 is 10.6 Å². The highest BCUT2D eigenvalue weighted by Crippen LogP contribution is 2.36. The molecule has 0 aliphatic carbocycles. The van der Waals surface area contributed by atoms with E-state index in [1.165, 1.54) is 12.3 Å². The van der Waals surface area contributed by atoms with Gasteiger partial charge in [-0.1, -0.05) is 0 Å². The third-order valence-corrected chi connectivity index (χ3v) is 5.98. The third-order valence-electron chi connectivity index (χ3n) is 5.98. The maximum atomic E-state index is 14.0. The van der Waals surface area contributed by atoms with Crippen molar-refractivity contribution in [3.63, 3.8) is 0 Å². The first-order chi connectivity index (χ1) is 19.1. The molecule has 5 heterocycles. The molecule has 0 spiro atoms. The number of anilines is 3. The summed E-state index contributed by atoms with van der Waals surface area (Å²) in [6.45, 7) is 3.68. The average Bonchev–Trinajstić information content (AvgIpc) is 2.93. The lowest BCUT2D eigenvalue weighted by atomic mass is 10.1. The van der Waals surface area contributed by atoms with E-state index in [4.69, 9.17) is 4.74 Å². The first-order valence-corrected chi connectivity index (χ1v) is 12.0. The van der Waals surface area contributed by atoms with Crippen molar-refractivity contribution >= 4 is 28.5 Å². The summed E-state index contributed by atoms with van der Waals surface area (Å²) in [5, 5.41) is 13.4. The lowest BCUT2D eigenvalue weighted by molar-refractivity contribution is -0.138. The molecule has 40 heavy (non-hydrogen) atoms. The van der Waals surface area contributed by atoms with Crippen molar-refractivity contribution in [2.45, 2.75) is 12.4 Å². The minimum atomic E-state index is -4.76. The van der Waals surface area contributed by atoms with Gasteiger partial charge in [0.05, 0.1) is 36.2 Å². The van der Waals surface area contributed by atoms with Crippen molar-refractivity contribution in [1.29, 1.82) is 0 Å². The Hall–Kier alpha value is -4.18. The van der Waals surface area contributed by atoms with Gasteiger partial charge in [0.1, 0.15) is 28.5 Å². The molecule has 0 bridgehead atoms. The van der Waals surface area contributed by atoms with Crippen LogP contribution in [-0.4, -0.2) is 74.4 Å². The molecule has 2 N–H and O–H groups in total. The summed E-state index contributed by atoms with van der Waals surface area (Å²) in [5.74, 6) is 0.0556. The number of halogens is 6. The summed E-state index contributed by atoms with van der Waals surface area (Å²) in [7, 11) is 0. The Morgan fingerprint density at radius 1 is 0.875 bits per heavy atom. The zero-order valence-electron chi connectivity index (χ0n) is 20.6. The number of nitrogens with zero attached hydrogens (tertiary/aromatic N) is 7. The van der Waals surface area contributed by atoms with Crippen LogP contribution >= 0.6 is 0 Å². The minimum absolute atomic E-state index is 0.0166. The van der Waals surface area contributed by atoms with Gasteiger partial charge in [-0.05, 0) is 24.3 Å². The second-order valence-electron chi connectivity index (χ2n) is 8.71. The molecule has 0 saturated carbocycles. The van der Waals surface area contributed by atoms with Crippen LogP contribution in [0.2, 0.25) is 0 Å². The standard InChI is InChI=1S/C24H21F6N9O/c25-23(26,27)14-1-2-18(33-12-14)35-16-3-4-32-22-21(16)34-13-17(36-22)20-15(24(28,29)30)11-19(37-38-20)31-5-6-39-7-9-40-10-8-39/h1-4,11-13H,5-10H2,(H,31,37)(H,32,33,35,36). The van der Waals surface area contributed by atoms with Crippen LogP contribution in [0, 0.1) is 0 Å². The van der Waals surface area contributed by atoms with E-state index in [2.05, 4.69) is 45.7 Å². The molecule has 16 heteroatoms. The number of hydrogen-bond acceptors (Lipinski definition) is 10. The fourth-order valence-corrected chi connectivity index (χ4v) is 3.96. The molecule has 4 aromatic rings. The van der Waals surface area contributed by atoms with Gasteiger partial charge in [0.25, 0.3) is 0 Å². The molecule has 10 nitrogen and oxygen atoms in total. The van der Waals surface area contributed by atoms with Crippen LogP contribution in [0.25, 0.3) is 22.6 Å². The number of alkyl halides is 6. The fraction of sp³-hybridized carbons (Fsp3) is 0.333. The SMILES string of the molecule is FC(F)(F)c1ccc(Nc2ccnc3nc(-c4nnc(NCCN5CCOCC5)cc4C(F)(F)F)cnc23)nc1. The Labute approximate surface area is 222 Å². The van der Waals surface area contributed by atoms with Gasteiger partial charge < -0.3 is 15.4 Å². The summed E-state index contributed by atoms with van der Waals surface area (Å²) in [6, 6.07) is 4.35. The Morgan fingerprint density at radius 2 is 1.68 bits per heavy atom. The number of hydrogen-bond donors (Lipinski definition) is 2. The molecule has 0 unspecified atom stereocenters. The van der Waals surface area contributed by atoms with E-state index in [-0.39, 0.29) is 28.5 Å². The van der Waals surface area contributed by atoms with Gasteiger partial charge in [-0.3, -0.25) is 4.90 Å². The first-order valence-electron chi connectivity index (χ1n) is 12.0. The second-order valence-corrected chi connectivity index (χ2v) is 8.71. The number of pyridine rings is 2. The predicted molar refractivity (Wildman–Crippen MR) is 132 cm³/mol. The molecule has 1 fully saturated rings. The zero-order valence-corrected chi connectivity index (χ0v) is 20.6. The number of aromatic nitrogens is 6. The van der Waals surface area contributed by atoms with Gasteiger partial charge in [-0.25, -0.2) is 19.9 Å². The molecule has 1 saturated heterocycles. The number of ether oxygens (including phenoxy) is 1. The molecule has 0 radical (unpaired) electrons. The van der Waals surface area contributed by atoms with Crippen LogP contribution in [0.15, 0.2) is 42.9 Å². The quantitative estimate of drug-likeness (QED) is 0.313. The minimum Gasteiger partial charge on any atom is -0.379 e. The van der Waals surface area contributed by atoms with Gasteiger partial charge in [0.2, 0.25) is 0 Å². The van der Waals surface area contributed by atoms with Crippen LogP contribution in [-0.2, 0) is 17.1 Å². The molecular formula is C24H21F6N9O. The van der Waals surface area contributed by atoms with Gasteiger partial charge in [0.15, 0.2) is 5.65 Å². The molecule has 0 amide bonds. The van der Waals surface area contributed by atoms with Crippen molar-refractivity contribution in [3.8, 4) is 11.4 Å². The van der Waals surface area contributed by atoms with Gasteiger partial charge in [-0.15, -0.1) is 10.2 Å². The van der Waals surface area contributed by atoms with Crippen molar-refractivity contribution in [2.24, 2.45) is 0 Å². The smallest absolute Gasteiger partial charge is 0.379 e. The van der Waals surface area contributed by atoms with Crippen molar-refractivity contribution in [3.05, 3.63) is 54.0 Å². The highest BCUT2D eigenvalue weighted by atomic mass is 19.4. The number of rotatable bonds is 7. The molecule has 4 aromatic heterocycles. The Balaban J connectivity index is 1.38. The summed E-state index contributed by atoms with van der Waals surface area (Å²) in [4.78, 5) is 18.3. The van der Waals surface area contributed by atoms with Crippen molar-refractivity contribution < 1.29 is 31.1 Å². The van der Waals surface area contributed by atoms with E-state index in [0.717, 1.165) is 37.5 Å². The summed E-state index contributed by atoms with van der Waals surface area (Å²) in [6.07, 6.45) is -6.20. The highest BCUT2D eigenvalue weighted by Gasteiger charge is 2.36. The van der Waals surface area contributed by atoms with Crippen LogP contribution in [0.4, 0.5) is 43.7 Å². The number of nitrogens with one attached hydrogen (secondary N) is 2. The molecule has 0 atom stereocenters. The number of fused-ring (bicyclic) bond motifs is 1. The topological polar surface area (TPSA) is 114 Å². The predicted octanol–water partition coefficient (Wildman–Crippen LogP) is 4.40. The lowest BCUT2D eigenvalue weighted by Gasteiger charge is -2.26. The summed E-state index contributed by atoms with van der Waals surface area (Å²) >= 11 is 0. The molecule has 0 aromatic carbocycles. The molecule has 1 aliphatic heterocycles. The van der Waals surface area contributed by atoms with Gasteiger partial charge in [-0.2, -0.15) is 26.3 Å². The molecule has 210 valence electrons. The Morgan fingerprint density at radius 3 is 2.38 bits per heavy atom. The second kappa shape index (κ2) is 11.1. The molecular weight excluding hydrogens is 544 g/mol. The maximum absolute atomic E-state index is 14.0. The first kappa shape index (κ1) is 27.4. The summed E-state index contributed by atoms with van der Waals surface area (Å²) < 4.78 is 85.6. The number of morpholine rings is 1.